The summed E-state index contributed by atoms with van der Waals surface area (Å²) in [6.45, 7) is 0. The van der Waals surface area contributed by atoms with Crippen molar-refractivity contribution in [3.05, 3.63) is 56.1 Å². The average molecular weight is 426 g/mol. The van der Waals surface area contributed by atoms with Crippen molar-refractivity contribution in [3.8, 4) is 17.6 Å². The minimum absolute atomic E-state index is 0.496. The molecule has 0 amide bonds. The van der Waals surface area contributed by atoms with E-state index in [-0.39, 0.29) is 0 Å². The van der Waals surface area contributed by atoms with Crippen molar-refractivity contribution >= 4 is 45.8 Å². The van der Waals surface area contributed by atoms with E-state index in [0.717, 1.165) is 9.13 Å². The number of allylic oxidation sites excluding steroid dienone is 1. The van der Waals surface area contributed by atoms with E-state index in [1.54, 1.807) is 32.4 Å². The lowest BCUT2D eigenvalue weighted by Gasteiger charge is -2.10. The van der Waals surface area contributed by atoms with Crippen molar-refractivity contribution in [2.24, 2.45) is 0 Å². The van der Waals surface area contributed by atoms with Gasteiger partial charge in [-0.05, 0) is 58.0 Å². The van der Waals surface area contributed by atoms with Crippen molar-refractivity contribution in [1.82, 2.24) is 0 Å². The first-order valence-electron chi connectivity index (χ1n) is 6.38. The van der Waals surface area contributed by atoms with Crippen LogP contribution in [0.25, 0.3) is 11.6 Å². The molecule has 0 saturated heterocycles. The standard InChI is InChI=1S/C17H13ClINO2/c1-21-16-8-12(15(18)9-17(16)22-2)7-13(10-20)11-3-5-14(19)6-4-11/h3-9H,1-2H3/b13-7+. The minimum atomic E-state index is 0.496. The molecule has 2 rings (SSSR count). The van der Waals surface area contributed by atoms with Gasteiger partial charge in [0, 0.05) is 9.64 Å². The van der Waals surface area contributed by atoms with Crippen LogP contribution < -0.4 is 9.47 Å². The van der Waals surface area contributed by atoms with Crippen LogP contribution in [0, 0.1) is 14.9 Å². The Morgan fingerprint density at radius 1 is 1.14 bits per heavy atom. The first kappa shape index (κ1) is 16.7. The maximum absolute atomic E-state index is 9.41. The van der Waals surface area contributed by atoms with Crippen molar-refractivity contribution in [2.75, 3.05) is 14.2 Å². The molecule has 0 spiro atoms. The fraction of sp³-hybridized carbons (Fsp3) is 0.118. The van der Waals surface area contributed by atoms with Crippen molar-refractivity contribution in [3.63, 3.8) is 0 Å². The molecule has 0 atom stereocenters. The quantitative estimate of drug-likeness (QED) is 0.392. The van der Waals surface area contributed by atoms with Crippen molar-refractivity contribution in [1.29, 1.82) is 5.26 Å². The van der Waals surface area contributed by atoms with Crippen LogP contribution in [0.15, 0.2) is 36.4 Å². The van der Waals surface area contributed by atoms with E-state index in [0.29, 0.717) is 27.7 Å². The average Bonchev–Trinajstić information content (AvgIpc) is 2.54. The normalized spacial score (nSPS) is 11.0. The summed E-state index contributed by atoms with van der Waals surface area (Å²) in [6, 6.07) is 13.4. The molecule has 0 heterocycles. The molecule has 2 aromatic rings. The van der Waals surface area contributed by atoms with Crippen LogP contribution in [0.1, 0.15) is 11.1 Å². The SMILES string of the molecule is COc1cc(Cl)c(/C=C(\C#N)c2ccc(I)cc2)cc1OC. The van der Waals surface area contributed by atoms with Gasteiger partial charge in [0.1, 0.15) is 0 Å². The Labute approximate surface area is 148 Å². The summed E-state index contributed by atoms with van der Waals surface area (Å²) in [5.41, 5.74) is 2.08. The zero-order valence-corrected chi connectivity index (χ0v) is 15.0. The Morgan fingerprint density at radius 2 is 1.73 bits per heavy atom. The maximum atomic E-state index is 9.41. The van der Waals surface area contributed by atoms with Gasteiger partial charge >= 0.3 is 0 Å². The highest BCUT2D eigenvalue weighted by atomic mass is 127. The van der Waals surface area contributed by atoms with Gasteiger partial charge in [0.25, 0.3) is 0 Å². The molecular formula is C17H13ClINO2. The summed E-state index contributed by atoms with van der Waals surface area (Å²) in [4.78, 5) is 0. The van der Waals surface area contributed by atoms with Crippen molar-refractivity contribution in [2.45, 2.75) is 0 Å². The maximum Gasteiger partial charge on any atom is 0.162 e. The fourth-order valence-corrected chi connectivity index (χ4v) is 2.51. The second-order valence-electron chi connectivity index (χ2n) is 4.41. The van der Waals surface area contributed by atoms with E-state index in [9.17, 15) is 5.26 Å². The summed E-state index contributed by atoms with van der Waals surface area (Å²) in [6.07, 6.45) is 1.74. The first-order valence-corrected chi connectivity index (χ1v) is 7.84. The third kappa shape index (κ3) is 3.73. The lowest BCUT2D eigenvalue weighted by Crippen LogP contribution is -1.92. The summed E-state index contributed by atoms with van der Waals surface area (Å²) in [5, 5.41) is 9.91. The number of hydrogen-bond donors (Lipinski definition) is 0. The fourth-order valence-electron chi connectivity index (χ4n) is 1.95. The summed E-state index contributed by atoms with van der Waals surface area (Å²) < 4.78 is 11.6. The van der Waals surface area contributed by atoms with E-state index in [4.69, 9.17) is 21.1 Å². The second kappa shape index (κ2) is 7.52. The highest BCUT2D eigenvalue weighted by Gasteiger charge is 2.10. The van der Waals surface area contributed by atoms with Crippen LogP contribution in [0.2, 0.25) is 5.02 Å². The molecule has 0 radical (unpaired) electrons. The van der Waals surface area contributed by atoms with Gasteiger partial charge in [0.2, 0.25) is 0 Å². The van der Waals surface area contributed by atoms with Gasteiger partial charge < -0.3 is 9.47 Å². The molecule has 0 N–H and O–H groups in total. The number of nitrogens with zero attached hydrogens (tertiary/aromatic N) is 1. The smallest absolute Gasteiger partial charge is 0.162 e. The molecule has 0 aromatic heterocycles. The van der Waals surface area contributed by atoms with Gasteiger partial charge in [-0.1, -0.05) is 23.7 Å². The third-order valence-electron chi connectivity index (χ3n) is 3.08. The van der Waals surface area contributed by atoms with Crippen LogP contribution in [-0.2, 0) is 0 Å². The van der Waals surface area contributed by atoms with E-state index in [1.165, 1.54) is 0 Å². The Morgan fingerprint density at radius 3 is 2.27 bits per heavy atom. The lowest BCUT2D eigenvalue weighted by molar-refractivity contribution is 0.355. The van der Waals surface area contributed by atoms with Gasteiger partial charge in [-0.2, -0.15) is 5.26 Å². The summed E-state index contributed by atoms with van der Waals surface area (Å²) in [5.74, 6) is 1.12. The van der Waals surface area contributed by atoms with Crippen LogP contribution in [0.4, 0.5) is 0 Å². The molecule has 0 aliphatic carbocycles. The Bertz CT molecular complexity index is 748. The van der Waals surface area contributed by atoms with Crippen LogP contribution in [0.3, 0.4) is 0 Å². The number of halogens is 2. The zero-order chi connectivity index (χ0) is 16.1. The number of methoxy groups -OCH3 is 2. The van der Waals surface area contributed by atoms with Crippen LogP contribution in [0.5, 0.6) is 11.5 Å². The predicted octanol–water partition coefficient (Wildman–Crippen LogP) is 5.03. The Kier molecular flexibility index (Phi) is 5.69. The summed E-state index contributed by atoms with van der Waals surface area (Å²) >= 11 is 8.48. The van der Waals surface area contributed by atoms with E-state index >= 15 is 0 Å². The molecule has 0 aliphatic heterocycles. The molecule has 0 aliphatic rings. The van der Waals surface area contributed by atoms with E-state index in [2.05, 4.69) is 28.7 Å². The first-order chi connectivity index (χ1) is 10.6. The molecule has 0 fully saturated rings. The molecular weight excluding hydrogens is 413 g/mol. The van der Waals surface area contributed by atoms with Crippen LogP contribution >= 0.6 is 34.2 Å². The molecule has 0 bridgehead atoms. The molecule has 5 heteroatoms. The minimum Gasteiger partial charge on any atom is -0.493 e. The third-order valence-corrected chi connectivity index (χ3v) is 4.12. The van der Waals surface area contributed by atoms with E-state index in [1.807, 2.05) is 24.3 Å². The molecule has 0 saturated carbocycles. The van der Waals surface area contributed by atoms with Gasteiger partial charge in [-0.3, -0.25) is 0 Å². The zero-order valence-electron chi connectivity index (χ0n) is 12.1. The molecule has 112 valence electrons. The number of ether oxygens (including phenoxy) is 2. The highest BCUT2D eigenvalue weighted by molar-refractivity contribution is 14.1. The van der Waals surface area contributed by atoms with E-state index < -0.39 is 0 Å². The molecule has 3 nitrogen and oxygen atoms in total. The predicted molar refractivity (Wildman–Crippen MR) is 97.2 cm³/mol. The molecule has 2 aromatic carbocycles. The Hall–Kier alpha value is -1.71. The number of hydrogen-bond acceptors (Lipinski definition) is 3. The lowest BCUT2D eigenvalue weighted by atomic mass is 10.0. The van der Waals surface area contributed by atoms with Crippen LogP contribution in [-0.4, -0.2) is 14.2 Å². The number of rotatable bonds is 4. The number of benzene rings is 2. The monoisotopic (exact) mass is 425 g/mol. The van der Waals surface area contributed by atoms with Crippen molar-refractivity contribution < 1.29 is 9.47 Å². The van der Waals surface area contributed by atoms with Gasteiger partial charge in [-0.15, -0.1) is 0 Å². The number of nitriles is 1. The Balaban J connectivity index is 2.50. The highest BCUT2D eigenvalue weighted by Crippen LogP contribution is 2.34. The second-order valence-corrected chi connectivity index (χ2v) is 6.06. The summed E-state index contributed by atoms with van der Waals surface area (Å²) in [7, 11) is 3.11. The molecule has 0 unspecified atom stereocenters. The molecule has 22 heavy (non-hydrogen) atoms. The van der Waals surface area contributed by atoms with Gasteiger partial charge in [-0.25, -0.2) is 0 Å². The topological polar surface area (TPSA) is 42.2 Å². The largest absolute Gasteiger partial charge is 0.493 e. The van der Waals surface area contributed by atoms with Gasteiger partial charge in [0.15, 0.2) is 11.5 Å². The van der Waals surface area contributed by atoms with Gasteiger partial charge in [0.05, 0.1) is 30.9 Å².